The van der Waals surface area contributed by atoms with Gasteiger partial charge < -0.3 is 10.2 Å². The number of carbonyl (C=O) groups excluding carboxylic acids is 1. The van der Waals surface area contributed by atoms with Crippen LogP contribution in [0.25, 0.3) is 0 Å². The van der Waals surface area contributed by atoms with E-state index in [1.54, 1.807) is 12.1 Å². The molecule has 0 saturated carbocycles. The van der Waals surface area contributed by atoms with Gasteiger partial charge in [-0.15, -0.1) is 0 Å². The van der Waals surface area contributed by atoms with Crippen molar-refractivity contribution >= 4 is 17.5 Å². The first-order chi connectivity index (χ1) is 9.15. The summed E-state index contributed by atoms with van der Waals surface area (Å²) in [6, 6.07) is 3.30. The molecule has 0 radical (unpaired) electrons. The molecule has 1 aliphatic heterocycles. The van der Waals surface area contributed by atoms with Crippen LogP contribution in [0.2, 0.25) is 5.15 Å². The van der Waals surface area contributed by atoms with Gasteiger partial charge in [-0.05, 0) is 19.2 Å². The largest absolute Gasteiger partial charge is 0.351 e. The van der Waals surface area contributed by atoms with Crippen LogP contribution in [0.15, 0.2) is 18.3 Å². The van der Waals surface area contributed by atoms with E-state index < -0.39 is 0 Å². The van der Waals surface area contributed by atoms with E-state index in [0.29, 0.717) is 17.3 Å². The Morgan fingerprint density at radius 3 is 2.74 bits per heavy atom. The number of aromatic nitrogens is 1. The van der Waals surface area contributed by atoms with Crippen molar-refractivity contribution in [2.24, 2.45) is 0 Å². The summed E-state index contributed by atoms with van der Waals surface area (Å²) in [6.07, 6.45) is 1.49. The Morgan fingerprint density at radius 1 is 1.37 bits per heavy atom. The third-order valence-electron chi connectivity index (χ3n) is 3.30. The van der Waals surface area contributed by atoms with Crippen LogP contribution in [0.3, 0.4) is 0 Å². The fourth-order valence-electron chi connectivity index (χ4n) is 2.01. The van der Waals surface area contributed by atoms with E-state index in [1.807, 2.05) is 0 Å². The van der Waals surface area contributed by atoms with Crippen LogP contribution in [-0.4, -0.2) is 67.0 Å². The molecule has 1 fully saturated rings. The van der Waals surface area contributed by atoms with Crippen LogP contribution in [0.4, 0.5) is 0 Å². The second-order valence-electron chi connectivity index (χ2n) is 4.77. The first-order valence-electron chi connectivity index (χ1n) is 6.46. The standard InChI is InChI=1S/C13H19ClN4O/c1-17-6-8-18(9-7-17)5-4-15-13(19)11-2-3-12(14)16-10-11/h2-3,10H,4-9H2,1H3,(H,15,19). The number of halogens is 1. The van der Waals surface area contributed by atoms with Gasteiger partial charge in [0.25, 0.3) is 5.91 Å². The summed E-state index contributed by atoms with van der Waals surface area (Å²) in [4.78, 5) is 20.4. The number of carbonyl (C=O) groups is 1. The average Bonchev–Trinajstić information content (AvgIpc) is 2.41. The monoisotopic (exact) mass is 282 g/mol. The molecule has 1 amide bonds. The smallest absolute Gasteiger partial charge is 0.252 e. The number of nitrogens with one attached hydrogen (secondary N) is 1. The molecule has 2 rings (SSSR count). The van der Waals surface area contributed by atoms with Crippen LogP contribution < -0.4 is 5.32 Å². The number of pyridine rings is 1. The quantitative estimate of drug-likeness (QED) is 0.827. The van der Waals surface area contributed by atoms with Crippen molar-refractivity contribution in [1.82, 2.24) is 20.1 Å². The topological polar surface area (TPSA) is 48.5 Å². The maximum Gasteiger partial charge on any atom is 0.252 e. The number of amides is 1. The first-order valence-corrected chi connectivity index (χ1v) is 6.83. The van der Waals surface area contributed by atoms with E-state index in [-0.39, 0.29) is 5.91 Å². The van der Waals surface area contributed by atoms with Crippen LogP contribution >= 0.6 is 11.6 Å². The van der Waals surface area contributed by atoms with Crippen molar-refractivity contribution in [3.63, 3.8) is 0 Å². The van der Waals surface area contributed by atoms with Crippen molar-refractivity contribution in [2.45, 2.75) is 0 Å². The van der Waals surface area contributed by atoms with E-state index in [4.69, 9.17) is 11.6 Å². The summed E-state index contributed by atoms with van der Waals surface area (Å²) in [5.74, 6) is -0.0988. The summed E-state index contributed by atoms with van der Waals surface area (Å²) in [5.41, 5.74) is 0.544. The third-order valence-corrected chi connectivity index (χ3v) is 3.52. The maximum atomic E-state index is 11.8. The molecule has 0 unspecified atom stereocenters. The molecule has 1 aromatic rings. The van der Waals surface area contributed by atoms with Crippen LogP contribution in [-0.2, 0) is 0 Å². The Labute approximate surface area is 118 Å². The molecule has 2 heterocycles. The Hall–Kier alpha value is -1.17. The van der Waals surface area contributed by atoms with Crippen molar-refractivity contribution in [3.05, 3.63) is 29.0 Å². The zero-order valence-corrected chi connectivity index (χ0v) is 11.9. The number of nitrogens with zero attached hydrogens (tertiary/aromatic N) is 3. The van der Waals surface area contributed by atoms with Crippen molar-refractivity contribution in [2.75, 3.05) is 46.3 Å². The van der Waals surface area contributed by atoms with Crippen molar-refractivity contribution in [3.8, 4) is 0 Å². The molecule has 19 heavy (non-hydrogen) atoms. The van der Waals surface area contributed by atoms with Crippen molar-refractivity contribution < 1.29 is 4.79 Å². The average molecular weight is 283 g/mol. The summed E-state index contributed by atoms with van der Waals surface area (Å²) in [5, 5.41) is 3.30. The lowest BCUT2D eigenvalue weighted by Gasteiger charge is -2.32. The minimum atomic E-state index is -0.0988. The molecule has 0 spiro atoms. The Balaban J connectivity index is 1.70. The summed E-state index contributed by atoms with van der Waals surface area (Å²) >= 11 is 5.68. The minimum Gasteiger partial charge on any atom is -0.351 e. The van der Waals surface area contributed by atoms with Crippen LogP contribution in [0.5, 0.6) is 0 Å². The predicted octanol–water partition coefficient (Wildman–Crippen LogP) is 0.712. The molecule has 6 heteroatoms. The van der Waals surface area contributed by atoms with E-state index in [2.05, 4.69) is 27.1 Å². The molecule has 1 aliphatic rings. The Morgan fingerprint density at radius 2 is 2.11 bits per heavy atom. The SMILES string of the molecule is CN1CCN(CCNC(=O)c2ccc(Cl)nc2)CC1. The fourth-order valence-corrected chi connectivity index (χ4v) is 2.12. The molecule has 0 atom stereocenters. The molecule has 0 aromatic carbocycles. The van der Waals surface area contributed by atoms with Gasteiger partial charge in [-0.1, -0.05) is 11.6 Å². The predicted molar refractivity (Wildman–Crippen MR) is 75.5 cm³/mol. The van der Waals surface area contributed by atoms with E-state index in [1.165, 1.54) is 6.20 Å². The molecule has 0 bridgehead atoms. The fraction of sp³-hybridized carbons (Fsp3) is 0.538. The normalized spacial score (nSPS) is 17.4. The van der Waals surface area contributed by atoms with Gasteiger partial charge in [0, 0.05) is 45.5 Å². The second-order valence-corrected chi connectivity index (χ2v) is 5.16. The number of rotatable bonds is 4. The summed E-state index contributed by atoms with van der Waals surface area (Å²) in [7, 11) is 2.13. The molecule has 1 N–H and O–H groups in total. The lowest BCUT2D eigenvalue weighted by molar-refractivity contribution is 0.0940. The van der Waals surface area contributed by atoms with E-state index in [0.717, 1.165) is 32.7 Å². The third kappa shape index (κ3) is 4.45. The number of hydrogen-bond donors (Lipinski definition) is 1. The highest BCUT2D eigenvalue weighted by atomic mass is 35.5. The number of likely N-dealkylation sites (N-methyl/N-ethyl adjacent to an activating group) is 1. The zero-order chi connectivity index (χ0) is 13.7. The van der Waals surface area contributed by atoms with Crippen LogP contribution in [0.1, 0.15) is 10.4 Å². The minimum absolute atomic E-state index is 0.0988. The second kappa shape index (κ2) is 6.84. The molecule has 1 aromatic heterocycles. The van der Waals surface area contributed by atoms with Gasteiger partial charge in [0.2, 0.25) is 0 Å². The summed E-state index contributed by atoms with van der Waals surface area (Å²) in [6.45, 7) is 5.86. The Kier molecular flexibility index (Phi) is 5.13. The van der Waals surface area contributed by atoms with Gasteiger partial charge in [-0.3, -0.25) is 9.69 Å². The van der Waals surface area contributed by atoms with Gasteiger partial charge in [0.15, 0.2) is 0 Å². The highest BCUT2D eigenvalue weighted by molar-refractivity contribution is 6.29. The van der Waals surface area contributed by atoms with Crippen molar-refractivity contribution in [1.29, 1.82) is 0 Å². The van der Waals surface area contributed by atoms with Gasteiger partial charge in [0.05, 0.1) is 5.56 Å². The van der Waals surface area contributed by atoms with Gasteiger partial charge in [0.1, 0.15) is 5.15 Å². The zero-order valence-electron chi connectivity index (χ0n) is 11.1. The molecule has 0 aliphatic carbocycles. The van der Waals surface area contributed by atoms with E-state index in [9.17, 15) is 4.79 Å². The molecular formula is C13H19ClN4O. The maximum absolute atomic E-state index is 11.8. The first kappa shape index (κ1) is 14.2. The van der Waals surface area contributed by atoms with E-state index >= 15 is 0 Å². The van der Waals surface area contributed by atoms with Gasteiger partial charge in [-0.25, -0.2) is 4.98 Å². The van der Waals surface area contributed by atoms with Crippen LogP contribution in [0, 0.1) is 0 Å². The molecular weight excluding hydrogens is 264 g/mol. The Bertz CT molecular complexity index is 415. The number of hydrogen-bond acceptors (Lipinski definition) is 4. The number of piperazine rings is 1. The highest BCUT2D eigenvalue weighted by Gasteiger charge is 2.13. The molecule has 1 saturated heterocycles. The van der Waals surface area contributed by atoms with Gasteiger partial charge in [-0.2, -0.15) is 0 Å². The lowest BCUT2D eigenvalue weighted by Crippen LogP contribution is -2.46. The molecule has 104 valence electrons. The summed E-state index contributed by atoms with van der Waals surface area (Å²) < 4.78 is 0. The highest BCUT2D eigenvalue weighted by Crippen LogP contribution is 2.05. The van der Waals surface area contributed by atoms with Gasteiger partial charge >= 0.3 is 0 Å². The molecule has 5 nitrogen and oxygen atoms in total. The lowest BCUT2D eigenvalue weighted by atomic mass is 10.2.